The standard InChI is InChI=1S/C44H51N7O10/c1-5-19-60-44(57)51-33-24-35(27(2)22-31(33)41(54)50-18-8-6-11-32(50)42(51)61-38-13-7-9-20-59-38)58-21-10-12-37(52)46-36-26-49(4)39(47-36)40(53)45-30-16-14-28(15-17-30)29-23-34(43(55)56)48(3)25-29/h5,14-17,22-26,32,38,42H,1,6-13,18-21H2,2-4H3,(H,45,53)(H,46,52)(H,55,56)/t32-,38?,42?/m0/s1. The zero-order valence-corrected chi connectivity index (χ0v) is 34.6. The number of aromatic carboxylic acids is 1. The van der Waals surface area contributed by atoms with Gasteiger partial charge in [0.05, 0.1) is 23.9 Å². The molecular weight excluding hydrogens is 787 g/mol. The number of hydrogen-bond acceptors (Lipinski definition) is 10. The van der Waals surface area contributed by atoms with Gasteiger partial charge in [0.15, 0.2) is 18.3 Å². The number of nitrogens with zero attached hydrogens (tertiary/aromatic N) is 5. The Bertz CT molecular complexity index is 2290. The van der Waals surface area contributed by atoms with Crippen LogP contribution in [0, 0.1) is 6.92 Å². The molecule has 61 heavy (non-hydrogen) atoms. The van der Waals surface area contributed by atoms with Crippen LogP contribution < -0.4 is 20.3 Å². The fourth-order valence-electron chi connectivity index (χ4n) is 7.93. The van der Waals surface area contributed by atoms with E-state index < -0.39 is 36.5 Å². The van der Waals surface area contributed by atoms with Gasteiger partial charge in [-0.25, -0.2) is 19.5 Å². The predicted molar refractivity (Wildman–Crippen MR) is 225 cm³/mol. The lowest BCUT2D eigenvalue weighted by atomic mass is 10.00. The van der Waals surface area contributed by atoms with Crippen molar-refractivity contribution in [3.8, 4) is 16.9 Å². The van der Waals surface area contributed by atoms with Gasteiger partial charge in [0.25, 0.3) is 11.8 Å². The van der Waals surface area contributed by atoms with Gasteiger partial charge in [-0.2, -0.15) is 0 Å². The van der Waals surface area contributed by atoms with Crippen LogP contribution in [0.25, 0.3) is 11.1 Å². The molecule has 3 aliphatic rings. The molecule has 0 spiro atoms. The second-order valence-corrected chi connectivity index (χ2v) is 15.4. The van der Waals surface area contributed by atoms with Crippen LogP contribution in [0.15, 0.2) is 67.5 Å². The summed E-state index contributed by atoms with van der Waals surface area (Å²) in [7, 11) is 3.30. The van der Waals surface area contributed by atoms with Crippen molar-refractivity contribution in [3.05, 3.63) is 90.2 Å². The second kappa shape index (κ2) is 18.9. The number of nitrogens with one attached hydrogen (secondary N) is 2. The highest BCUT2D eigenvalue weighted by molar-refractivity contribution is 6.06. The highest BCUT2D eigenvalue weighted by Crippen LogP contribution is 2.40. The molecule has 7 rings (SSSR count). The topological polar surface area (TPSA) is 196 Å². The lowest BCUT2D eigenvalue weighted by Crippen LogP contribution is -2.57. The zero-order valence-electron chi connectivity index (χ0n) is 34.6. The molecule has 2 aromatic heterocycles. The summed E-state index contributed by atoms with van der Waals surface area (Å²) >= 11 is 0. The van der Waals surface area contributed by atoms with E-state index in [2.05, 4.69) is 22.2 Å². The van der Waals surface area contributed by atoms with Gasteiger partial charge < -0.3 is 48.7 Å². The molecule has 2 fully saturated rings. The minimum absolute atomic E-state index is 0.0334. The Morgan fingerprint density at radius 1 is 0.984 bits per heavy atom. The molecule has 17 nitrogen and oxygen atoms in total. The summed E-state index contributed by atoms with van der Waals surface area (Å²) in [6, 6.07) is 11.5. The van der Waals surface area contributed by atoms with Crippen LogP contribution in [0.3, 0.4) is 0 Å². The van der Waals surface area contributed by atoms with Crippen LogP contribution >= 0.6 is 0 Å². The van der Waals surface area contributed by atoms with Crippen LogP contribution in [0.5, 0.6) is 5.75 Å². The second-order valence-electron chi connectivity index (χ2n) is 15.4. The monoisotopic (exact) mass is 837 g/mol. The lowest BCUT2D eigenvalue weighted by molar-refractivity contribution is -0.198. The van der Waals surface area contributed by atoms with Crippen LogP contribution in [0.4, 0.5) is 22.0 Å². The van der Waals surface area contributed by atoms with Gasteiger partial charge >= 0.3 is 12.1 Å². The van der Waals surface area contributed by atoms with Crippen molar-refractivity contribution >= 4 is 47.0 Å². The first kappa shape index (κ1) is 42.7. The fourth-order valence-corrected chi connectivity index (χ4v) is 7.93. The molecular formula is C44H51N7O10. The van der Waals surface area contributed by atoms with Crippen molar-refractivity contribution in [1.29, 1.82) is 0 Å². The summed E-state index contributed by atoms with van der Waals surface area (Å²) in [5, 5.41) is 14.9. The summed E-state index contributed by atoms with van der Waals surface area (Å²) < 4.78 is 27.3. The summed E-state index contributed by atoms with van der Waals surface area (Å²) in [5.74, 6) is -1.33. The maximum absolute atomic E-state index is 14.2. The Kier molecular flexibility index (Phi) is 13.2. The third kappa shape index (κ3) is 9.63. The first-order valence-electron chi connectivity index (χ1n) is 20.5. The molecule has 5 heterocycles. The number of benzene rings is 2. The van der Waals surface area contributed by atoms with Crippen LogP contribution in [0.1, 0.15) is 88.4 Å². The third-order valence-electron chi connectivity index (χ3n) is 11.0. The number of imidazole rings is 1. The molecule has 2 saturated heterocycles. The minimum Gasteiger partial charge on any atom is -0.493 e. The molecule has 4 amide bonds. The number of ether oxygens (including phenoxy) is 4. The molecule has 0 saturated carbocycles. The largest absolute Gasteiger partial charge is 0.493 e. The highest BCUT2D eigenvalue weighted by atomic mass is 16.7. The number of fused-ring (bicyclic) bond motifs is 2. The first-order chi connectivity index (χ1) is 29.4. The Balaban J connectivity index is 0.983. The molecule has 0 aliphatic carbocycles. The number of carboxylic acid groups (broad SMARTS) is 1. The van der Waals surface area contributed by atoms with Crippen molar-refractivity contribution in [2.24, 2.45) is 14.1 Å². The van der Waals surface area contributed by atoms with E-state index in [9.17, 15) is 29.1 Å². The van der Waals surface area contributed by atoms with Gasteiger partial charge in [-0.1, -0.05) is 24.8 Å². The van der Waals surface area contributed by atoms with E-state index >= 15 is 0 Å². The number of anilines is 3. The molecule has 3 atom stereocenters. The Labute approximate surface area is 353 Å². The zero-order chi connectivity index (χ0) is 43.2. The number of hydrogen-bond donors (Lipinski definition) is 3. The van der Waals surface area contributed by atoms with E-state index in [1.54, 1.807) is 67.7 Å². The number of amides is 4. The number of piperidine rings is 1. The molecule has 3 aliphatic heterocycles. The van der Waals surface area contributed by atoms with Crippen molar-refractivity contribution in [1.82, 2.24) is 19.0 Å². The summed E-state index contributed by atoms with van der Waals surface area (Å²) in [6.45, 7) is 6.70. The Morgan fingerprint density at radius 2 is 1.77 bits per heavy atom. The number of carbonyl (C=O) groups excluding carboxylic acids is 4. The highest BCUT2D eigenvalue weighted by Gasteiger charge is 2.46. The van der Waals surface area contributed by atoms with Gasteiger partial charge in [0.1, 0.15) is 18.1 Å². The van der Waals surface area contributed by atoms with Gasteiger partial charge in [-0.05, 0) is 87.3 Å². The summed E-state index contributed by atoms with van der Waals surface area (Å²) in [4.78, 5) is 73.2. The van der Waals surface area contributed by atoms with E-state index in [1.165, 1.54) is 26.3 Å². The van der Waals surface area contributed by atoms with Gasteiger partial charge in [-0.15, -0.1) is 0 Å². The molecule has 3 N–H and O–H groups in total. The van der Waals surface area contributed by atoms with E-state index in [0.717, 1.165) is 36.8 Å². The number of carbonyl (C=O) groups is 5. The van der Waals surface area contributed by atoms with Crippen LogP contribution in [0.2, 0.25) is 0 Å². The molecule has 322 valence electrons. The maximum Gasteiger partial charge on any atom is 0.416 e. The first-order valence-corrected chi connectivity index (χ1v) is 20.5. The van der Waals surface area contributed by atoms with Gasteiger partial charge in [0, 0.05) is 63.4 Å². The van der Waals surface area contributed by atoms with E-state index in [1.807, 2.05) is 6.92 Å². The summed E-state index contributed by atoms with van der Waals surface area (Å²) in [5.41, 5.74) is 3.50. The van der Waals surface area contributed by atoms with Crippen LogP contribution in [-0.2, 0) is 33.1 Å². The number of aryl methyl sites for hydroxylation is 3. The molecule has 17 heteroatoms. The fraction of sp³-hybridized carbons (Fsp3) is 0.409. The normalized spacial score (nSPS) is 18.7. The molecule has 0 bridgehead atoms. The Morgan fingerprint density at radius 3 is 2.49 bits per heavy atom. The van der Waals surface area contributed by atoms with Crippen molar-refractivity contribution < 1.29 is 48.0 Å². The van der Waals surface area contributed by atoms with E-state index in [-0.39, 0.29) is 48.8 Å². The SMILES string of the molecule is C=CCOC(=O)N1c2cc(OCCCC(=O)Nc3cn(C)c(C(=O)Nc4ccc(-c5cc(C(=O)O)n(C)c5)cc4)n3)c(C)cc2C(=O)N2CCCC[C@H]2C1OC1CCCCO1. The average molecular weight is 838 g/mol. The van der Waals surface area contributed by atoms with Crippen molar-refractivity contribution in [2.75, 3.05) is 41.9 Å². The van der Waals surface area contributed by atoms with Gasteiger partial charge in [-0.3, -0.25) is 14.4 Å². The molecule has 4 aromatic rings. The number of carboxylic acids is 1. The molecule has 0 radical (unpaired) electrons. The number of aromatic nitrogens is 3. The third-order valence-corrected chi connectivity index (χ3v) is 11.0. The maximum atomic E-state index is 14.2. The smallest absolute Gasteiger partial charge is 0.416 e. The number of rotatable bonds is 14. The van der Waals surface area contributed by atoms with Crippen molar-refractivity contribution in [2.45, 2.75) is 76.9 Å². The van der Waals surface area contributed by atoms with E-state index in [0.29, 0.717) is 60.7 Å². The lowest BCUT2D eigenvalue weighted by Gasteiger charge is -2.42. The van der Waals surface area contributed by atoms with Crippen LogP contribution in [-0.4, -0.2) is 98.8 Å². The van der Waals surface area contributed by atoms with E-state index in [4.69, 9.17) is 18.9 Å². The summed E-state index contributed by atoms with van der Waals surface area (Å²) in [6.07, 6.45) is 7.91. The Hall–Kier alpha value is -6.46. The quantitative estimate of drug-likeness (QED) is 0.0928. The van der Waals surface area contributed by atoms with Gasteiger partial charge in [0.2, 0.25) is 11.7 Å². The predicted octanol–water partition coefficient (Wildman–Crippen LogP) is 6.49. The average Bonchev–Trinajstić information content (AvgIpc) is 3.81. The molecule has 2 unspecified atom stereocenters. The van der Waals surface area contributed by atoms with Crippen molar-refractivity contribution in [3.63, 3.8) is 0 Å². The minimum atomic E-state index is -1.02. The molecule has 2 aromatic carbocycles.